The molecular formula is C8H13ClO4. The lowest BCUT2D eigenvalue weighted by molar-refractivity contribution is -0.161. The molecule has 0 aliphatic carbocycles. The number of carbonyl (C=O) groups excluding carboxylic acids is 1. The van der Waals surface area contributed by atoms with Crippen molar-refractivity contribution in [3.63, 3.8) is 0 Å². The summed E-state index contributed by atoms with van der Waals surface area (Å²) in [6, 6.07) is 0. The van der Waals surface area contributed by atoms with Gasteiger partial charge in [0.15, 0.2) is 6.29 Å². The second kappa shape index (κ2) is 4.26. The Hall–Kier alpha value is -0.320. The van der Waals surface area contributed by atoms with E-state index in [1.54, 1.807) is 6.92 Å². The lowest BCUT2D eigenvalue weighted by atomic mass is 10.1. The number of rotatable bonds is 2. The number of esters is 1. The van der Waals surface area contributed by atoms with E-state index in [0.29, 0.717) is 6.42 Å². The third-order valence-corrected chi connectivity index (χ3v) is 2.34. The van der Waals surface area contributed by atoms with Crippen molar-refractivity contribution in [3.05, 3.63) is 0 Å². The topological polar surface area (TPSA) is 55.8 Å². The van der Waals surface area contributed by atoms with Crippen LogP contribution in [0, 0.1) is 0 Å². The summed E-state index contributed by atoms with van der Waals surface area (Å²) in [6.45, 7) is 3.02. The van der Waals surface area contributed by atoms with Crippen molar-refractivity contribution in [2.75, 3.05) is 0 Å². The first-order valence-electron chi connectivity index (χ1n) is 4.15. The minimum absolute atomic E-state index is 0.302. The number of halogens is 1. The van der Waals surface area contributed by atoms with Gasteiger partial charge in [-0.2, -0.15) is 0 Å². The average Bonchev–Trinajstić information content (AvgIpc) is 2.28. The molecule has 0 aromatic carbocycles. The molecule has 0 bridgehead atoms. The van der Waals surface area contributed by atoms with E-state index in [1.807, 2.05) is 0 Å². The molecule has 1 heterocycles. The smallest absolute Gasteiger partial charge is 0.302 e. The Bertz CT molecular complexity index is 197. The van der Waals surface area contributed by atoms with E-state index < -0.39 is 18.5 Å². The molecule has 5 heteroatoms. The summed E-state index contributed by atoms with van der Waals surface area (Å²) < 4.78 is 9.98. The molecule has 0 unspecified atom stereocenters. The van der Waals surface area contributed by atoms with Crippen molar-refractivity contribution in [1.29, 1.82) is 0 Å². The number of hydrogen-bond donors (Lipinski definition) is 1. The van der Waals surface area contributed by atoms with E-state index in [-0.39, 0.29) is 11.3 Å². The fourth-order valence-electron chi connectivity index (χ4n) is 1.38. The summed E-state index contributed by atoms with van der Waals surface area (Å²) in [4.78, 5) is 10.6. The predicted octanol–water partition coefficient (Wildman–Crippen LogP) is 0.653. The lowest BCUT2D eigenvalue weighted by Crippen LogP contribution is -2.33. The van der Waals surface area contributed by atoms with Gasteiger partial charge in [-0.05, 0) is 6.92 Å². The van der Waals surface area contributed by atoms with E-state index in [1.165, 1.54) is 6.92 Å². The van der Waals surface area contributed by atoms with Crippen LogP contribution in [0.15, 0.2) is 0 Å². The van der Waals surface area contributed by atoms with Crippen LogP contribution < -0.4 is 0 Å². The predicted molar refractivity (Wildman–Crippen MR) is 46.4 cm³/mol. The zero-order chi connectivity index (χ0) is 10.0. The lowest BCUT2D eigenvalue weighted by Gasteiger charge is -2.20. The molecule has 0 saturated carbocycles. The molecular weight excluding hydrogens is 196 g/mol. The normalized spacial score (nSPS) is 35.8. The van der Waals surface area contributed by atoms with Gasteiger partial charge in [0.25, 0.3) is 0 Å². The minimum Gasteiger partial charge on any atom is -0.460 e. The molecule has 1 N–H and O–H groups in total. The Morgan fingerprint density at radius 3 is 2.77 bits per heavy atom. The zero-order valence-corrected chi connectivity index (χ0v) is 8.32. The maximum absolute atomic E-state index is 10.6. The van der Waals surface area contributed by atoms with Gasteiger partial charge in [0, 0.05) is 13.3 Å². The van der Waals surface area contributed by atoms with Crippen molar-refractivity contribution < 1.29 is 19.4 Å². The Morgan fingerprint density at radius 2 is 2.38 bits per heavy atom. The summed E-state index contributed by atoms with van der Waals surface area (Å²) >= 11 is 5.88. The van der Waals surface area contributed by atoms with E-state index in [2.05, 4.69) is 0 Å². The fraction of sp³-hybridized carbons (Fsp3) is 0.875. The van der Waals surface area contributed by atoms with Crippen LogP contribution >= 0.6 is 11.6 Å². The highest BCUT2D eigenvalue weighted by Gasteiger charge is 2.37. The van der Waals surface area contributed by atoms with E-state index in [4.69, 9.17) is 26.2 Å². The van der Waals surface area contributed by atoms with Gasteiger partial charge in [-0.1, -0.05) is 0 Å². The first kappa shape index (κ1) is 10.8. The second-order valence-electron chi connectivity index (χ2n) is 3.12. The molecule has 1 fully saturated rings. The van der Waals surface area contributed by atoms with Crippen molar-refractivity contribution in [2.24, 2.45) is 0 Å². The first-order valence-corrected chi connectivity index (χ1v) is 4.59. The van der Waals surface area contributed by atoms with Crippen LogP contribution in [0.5, 0.6) is 0 Å². The maximum atomic E-state index is 10.6. The molecule has 1 aliphatic heterocycles. The molecule has 1 rings (SSSR count). The Labute approximate surface area is 81.8 Å². The minimum atomic E-state index is -0.842. The van der Waals surface area contributed by atoms with Crippen molar-refractivity contribution in [2.45, 2.75) is 44.1 Å². The van der Waals surface area contributed by atoms with Gasteiger partial charge in [0.1, 0.15) is 12.2 Å². The number of aliphatic hydroxyl groups excluding tert-OH is 1. The van der Waals surface area contributed by atoms with Crippen molar-refractivity contribution >= 4 is 17.6 Å². The fourth-order valence-corrected chi connectivity index (χ4v) is 1.80. The van der Waals surface area contributed by atoms with Gasteiger partial charge in [0.2, 0.25) is 0 Å². The zero-order valence-electron chi connectivity index (χ0n) is 7.57. The maximum Gasteiger partial charge on any atom is 0.302 e. The second-order valence-corrected chi connectivity index (χ2v) is 3.68. The van der Waals surface area contributed by atoms with Crippen LogP contribution in [0.25, 0.3) is 0 Å². The third kappa shape index (κ3) is 2.83. The average molecular weight is 209 g/mol. The molecule has 0 aromatic heterocycles. The number of carbonyl (C=O) groups is 1. The van der Waals surface area contributed by atoms with Gasteiger partial charge >= 0.3 is 5.97 Å². The van der Waals surface area contributed by atoms with Gasteiger partial charge in [-0.25, -0.2) is 0 Å². The molecule has 76 valence electrons. The highest BCUT2D eigenvalue weighted by molar-refractivity contribution is 6.21. The highest BCUT2D eigenvalue weighted by Crippen LogP contribution is 2.27. The van der Waals surface area contributed by atoms with Crippen LogP contribution in [0.2, 0.25) is 0 Å². The monoisotopic (exact) mass is 208 g/mol. The molecule has 0 radical (unpaired) electrons. The van der Waals surface area contributed by atoms with Crippen LogP contribution in [0.1, 0.15) is 20.3 Å². The summed E-state index contributed by atoms with van der Waals surface area (Å²) in [5.41, 5.74) is 0. The van der Waals surface area contributed by atoms with Gasteiger partial charge < -0.3 is 14.6 Å². The van der Waals surface area contributed by atoms with E-state index >= 15 is 0 Å². The SMILES string of the molecule is CC(=O)O[C@@H](C)[C@H]1O[C@H](O)C[C@H]1Cl. The molecule has 1 saturated heterocycles. The molecule has 0 aromatic rings. The summed E-state index contributed by atoms with van der Waals surface area (Å²) in [6.07, 6.45) is -1.30. The highest BCUT2D eigenvalue weighted by atomic mass is 35.5. The first-order chi connectivity index (χ1) is 6.00. The Morgan fingerprint density at radius 1 is 1.77 bits per heavy atom. The van der Waals surface area contributed by atoms with Gasteiger partial charge in [-0.15, -0.1) is 11.6 Å². The van der Waals surface area contributed by atoms with Crippen LogP contribution in [0.4, 0.5) is 0 Å². The number of alkyl halides is 1. The van der Waals surface area contributed by atoms with Gasteiger partial charge in [-0.3, -0.25) is 4.79 Å². The van der Waals surface area contributed by atoms with Crippen LogP contribution in [-0.2, 0) is 14.3 Å². The third-order valence-electron chi connectivity index (χ3n) is 1.91. The van der Waals surface area contributed by atoms with Crippen LogP contribution in [-0.4, -0.2) is 35.0 Å². The van der Waals surface area contributed by atoms with Crippen molar-refractivity contribution in [1.82, 2.24) is 0 Å². The molecule has 4 nitrogen and oxygen atoms in total. The largest absolute Gasteiger partial charge is 0.460 e. The summed E-state index contributed by atoms with van der Waals surface area (Å²) in [5.74, 6) is -0.374. The van der Waals surface area contributed by atoms with E-state index in [9.17, 15) is 4.79 Å². The van der Waals surface area contributed by atoms with Gasteiger partial charge in [0.05, 0.1) is 5.38 Å². The molecule has 0 spiro atoms. The van der Waals surface area contributed by atoms with Crippen LogP contribution in [0.3, 0.4) is 0 Å². The Balaban J connectivity index is 2.46. The molecule has 1 aliphatic rings. The molecule has 4 atom stereocenters. The molecule has 13 heavy (non-hydrogen) atoms. The van der Waals surface area contributed by atoms with E-state index in [0.717, 1.165) is 0 Å². The summed E-state index contributed by atoms with van der Waals surface area (Å²) in [7, 11) is 0. The number of hydrogen-bond acceptors (Lipinski definition) is 4. The molecule has 0 amide bonds. The Kier molecular flexibility index (Phi) is 3.53. The van der Waals surface area contributed by atoms with Crippen molar-refractivity contribution in [3.8, 4) is 0 Å². The number of aliphatic hydroxyl groups is 1. The number of ether oxygens (including phenoxy) is 2. The quantitative estimate of drug-likeness (QED) is 0.535. The standard InChI is InChI=1S/C8H13ClO4/c1-4(12-5(2)10)8-6(9)3-7(11)13-8/h4,6-8,11H,3H2,1-2H3/t4-,6+,7-,8+/m0/s1. The summed E-state index contributed by atoms with van der Waals surface area (Å²) in [5, 5.41) is 8.80.